The molecule has 0 radical (unpaired) electrons. The van der Waals surface area contributed by atoms with Crippen LogP contribution in [-0.2, 0) is 14.2 Å². The average Bonchev–Trinajstić information content (AvgIpc) is 2.38. The van der Waals surface area contributed by atoms with E-state index in [0.717, 1.165) is 13.0 Å². The molecule has 0 amide bonds. The number of aliphatic hydroxyl groups excluding tert-OH is 1. The molecule has 1 aliphatic heterocycles. The van der Waals surface area contributed by atoms with Gasteiger partial charge in [0.2, 0.25) is 0 Å². The monoisotopic (exact) mass is 261 g/mol. The topological polar surface area (TPSA) is 60.0 Å². The summed E-state index contributed by atoms with van der Waals surface area (Å²) in [7, 11) is 1.64. The van der Waals surface area contributed by atoms with Gasteiger partial charge in [-0.2, -0.15) is 0 Å². The van der Waals surface area contributed by atoms with Gasteiger partial charge in [-0.05, 0) is 26.3 Å². The van der Waals surface area contributed by atoms with E-state index < -0.39 is 6.10 Å². The van der Waals surface area contributed by atoms with Gasteiger partial charge in [-0.15, -0.1) is 0 Å². The van der Waals surface area contributed by atoms with Gasteiger partial charge < -0.3 is 24.6 Å². The number of hydrogen-bond donors (Lipinski definition) is 2. The van der Waals surface area contributed by atoms with Crippen molar-refractivity contribution in [1.29, 1.82) is 0 Å². The number of rotatable bonds is 9. The van der Waals surface area contributed by atoms with Crippen molar-refractivity contribution in [2.75, 3.05) is 40.1 Å². The highest BCUT2D eigenvalue weighted by atomic mass is 16.5. The first-order valence-electron chi connectivity index (χ1n) is 6.82. The summed E-state index contributed by atoms with van der Waals surface area (Å²) in [4.78, 5) is 0. The zero-order valence-corrected chi connectivity index (χ0v) is 11.6. The van der Waals surface area contributed by atoms with E-state index in [2.05, 4.69) is 5.32 Å². The minimum absolute atomic E-state index is 0.00432. The maximum atomic E-state index is 9.68. The maximum absolute atomic E-state index is 9.68. The third kappa shape index (κ3) is 7.28. The zero-order valence-electron chi connectivity index (χ0n) is 11.6. The van der Waals surface area contributed by atoms with Crippen LogP contribution in [0.4, 0.5) is 0 Å². The van der Waals surface area contributed by atoms with Crippen LogP contribution in [0.3, 0.4) is 0 Å². The summed E-state index contributed by atoms with van der Waals surface area (Å²) < 4.78 is 15.9. The van der Waals surface area contributed by atoms with E-state index >= 15 is 0 Å². The van der Waals surface area contributed by atoms with E-state index in [-0.39, 0.29) is 6.10 Å². The first-order chi connectivity index (χ1) is 8.72. The van der Waals surface area contributed by atoms with E-state index in [9.17, 15) is 5.11 Å². The second-order valence-corrected chi connectivity index (χ2v) is 4.94. The standard InChI is InChI=1S/C13H27NO4/c1-11(7-16-2)18-10-13(15)9-17-8-12-5-3-4-6-14-12/h11-15H,3-10H2,1-2H3. The fourth-order valence-corrected chi connectivity index (χ4v) is 2.02. The summed E-state index contributed by atoms with van der Waals surface area (Å²) in [5.41, 5.74) is 0. The molecule has 1 aliphatic rings. The molecule has 18 heavy (non-hydrogen) atoms. The fourth-order valence-electron chi connectivity index (χ4n) is 2.02. The highest BCUT2D eigenvalue weighted by Gasteiger charge is 2.14. The molecule has 5 heteroatoms. The van der Waals surface area contributed by atoms with Crippen LogP contribution >= 0.6 is 0 Å². The highest BCUT2D eigenvalue weighted by Crippen LogP contribution is 2.07. The third-order valence-electron chi connectivity index (χ3n) is 3.02. The van der Waals surface area contributed by atoms with Gasteiger partial charge in [0.05, 0.1) is 32.5 Å². The molecule has 0 aliphatic carbocycles. The largest absolute Gasteiger partial charge is 0.388 e. The van der Waals surface area contributed by atoms with Crippen molar-refractivity contribution < 1.29 is 19.3 Å². The molecule has 1 heterocycles. The van der Waals surface area contributed by atoms with Gasteiger partial charge in [-0.25, -0.2) is 0 Å². The Labute approximate surface area is 110 Å². The number of nitrogens with one attached hydrogen (secondary N) is 1. The van der Waals surface area contributed by atoms with Gasteiger partial charge in [-0.3, -0.25) is 0 Å². The summed E-state index contributed by atoms with van der Waals surface area (Å²) in [6, 6.07) is 0.444. The van der Waals surface area contributed by atoms with Crippen molar-refractivity contribution in [3.63, 3.8) is 0 Å². The van der Waals surface area contributed by atoms with Crippen molar-refractivity contribution in [3.8, 4) is 0 Å². The Hall–Kier alpha value is -0.200. The molecule has 0 aromatic heterocycles. The fraction of sp³-hybridized carbons (Fsp3) is 1.00. The van der Waals surface area contributed by atoms with Crippen LogP contribution in [0.1, 0.15) is 26.2 Å². The smallest absolute Gasteiger partial charge is 0.101 e. The summed E-state index contributed by atoms with van der Waals surface area (Å²) in [6.07, 6.45) is 3.13. The molecule has 1 fully saturated rings. The molecule has 0 spiro atoms. The second-order valence-electron chi connectivity index (χ2n) is 4.94. The van der Waals surface area contributed by atoms with E-state index in [1.54, 1.807) is 7.11 Å². The molecule has 0 aromatic rings. The predicted molar refractivity (Wildman–Crippen MR) is 69.8 cm³/mol. The number of ether oxygens (including phenoxy) is 3. The number of methoxy groups -OCH3 is 1. The molecule has 0 saturated carbocycles. The molecule has 0 bridgehead atoms. The Kier molecular flexibility index (Phi) is 8.54. The predicted octanol–water partition coefficient (Wildman–Crippen LogP) is 0.558. The number of piperidine rings is 1. The lowest BCUT2D eigenvalue weighted by atomic mass is 10.1. The van der Waals surface area contributed by atoms with Gasteiger partial charge in [-0.1, -0.05) is 6.42 Å². The molecule has 108 valence electrons. The summed E-state index contributed by atoms with van der Waals surface area (Å²) >= 11 is 0. The number of aliphatic hydroxyl groups is 1. The van der Waals surface area contributed by atoms with Crippen molar-refractivity contribution in [1.82, 2.24) is 5.32 Å². The lowest BCUT2D eigenvalue weighted by molar-refractivity contribution is -0.0590. The Balaban J connectivity index is 1.97. The van der Waals surface area contributed by atoms with Crippen LogP contribution < -0.4 is 5.32 Å². The van der Waals surface area contributed by atoms with Gasteiger partial charge in [0.25, 0.3) is 0 Å². The molecule has 1 saturated heterocycles. The molecule has 3 atom stereocenters. The Morgan fingerprint density at radius 2 is 2.11 bits per heavy atom. The minimum Gasteiger partial charge on any atom is -0.388 e. The summed E-state index contributed by atoms with van der Waals surface area (Å²) in [5.74, 6) is 0. The van der Waals surface area contributed by atoms with Crippen molar-refractivity contribution >= 4 is 0 Å². The highest BCUT2D eigenvalue weighted by molar-refractivity contribution is 4.71. The summed E-state index contributed by atoms with van der Waals surface area (Å²) in [5, 5.41) is 13.1. The molecule has 3 unspecified atom stereocenters. The normalized spacial score (nSPS) is 23.8. The van der Waals surface area contributed by atoms with Crippen LogP contribution in [-0.4, -0.2) is 63.4 Å². The van der Waals surface area contributed by atoms with Crippen molar-refractivity contribution in [2.45, 2.75) is 44.4 Å². The molecular formula is C13H27NO4. The Bertz CT molecular complexity index is 197. The van der Waals surface area contributed by atoms with Crippen LogP contribution in [0.15, 0.2) is 0 Å². The van der Waals surface area contributed by atoms with Crippen LogP contribution in [0.25, 0.3) is 0 Å². The van der Waals surface area contributed by atoms with Crippen LogP contribution in [0, 0.1) is 0 Å². The maximum Gasteiger partial charge on any atom is 0.101 e. The third-order valence-corrected chi connectivity index (χ3v) is 3.02. The first-order valence-corrected chi connectivity index (χ1v) is 6.82. The van der Waals surface area contributed by atoms with Gasteiger partial charge >= 0.3 is 0 Å². The zero-order chi connectivity index (χ0) is 13.2. The first kappa shape index (κ1) is 15.9. The van der Waals surface area contributed by atoms with E-state index in [4.69, 9.17) is 14.2 Å². The molecule has 0 aromatic carbocycles. The SMILES string of the molecule is COCC(C)OCC(O)COCC1CCCCN1. The quantitative estimate of drug-likeness (QED) is 0.635. The van der Waals surface area contributed by atoms with Crippen molar-refractivity contribution in [2.24, 2.45) is 0 Å². The molecular weight excluding hydrogens is 234 g/mol. The van der Waals surface area contributed by atoms with Gasteiger partial charge in [0, 0.05) is 13.2 Å². The van der Waals surface area contributed by atoms with Gasteiger partial charge in [0.15, 0.2) is 0 Å². The van der Waals surface area contributed by atoms with E-state index in [1.165, 1.54) is 12.8 Å². The summed E-state index contributed by atoms with van der Waals surface area (Å²) in [6.45, 7) is 4.84. The lowest BCUT2D eigenvalue weighted by Crippen LogP contribution is -2.38. The van der Waals surface area contributed by atoms with E-state index in [0.29, 0.717) is 32.5 Å². The number of hydrogen-bond acceptors (Lipinski definition) is 5. The van der Waals surface area contributed by atoms with Gasteiger partial charge in [0.1, 0.15) is 6.10 Å². The van der Waals surface area contributed by atoms with E-state index in [1.807, 2.05) is 6.92 Å². The molecule has 2 N–H and O–H groups in total. The second kappa shape index (κ2) is 9.69. The Morgan fingerprint density at radius 3 is 2.78 bits per heavy atom. The minimum atomic E-state index is -0.562. The molecule has 1 rings (SSSR count). The lowest BCUT2D eigenvalue weighted by Gasteiger charge is -2.24. The Morgan fingerprint density at radius 1 is 1.28 bits per heavy atom. The van der Waals surface area contributed by atoms with Crippen LogP contribution in [0.5, 0.6) is 0 Å². The molecule has 5 nitrogen and oxygen atoms in total. The average molecular weight is 261 g/mol. The van der Waals surface area contributed by atoms with Crippen molar-refractivity contribution in [3.05, 3.63) is 0 Å². The van der Waals surface area contributed by atoms with Crippen LogP contribution in [0.2, 0.25) is 0 Å².